The van der Waals surface area contributed by atoms with E-state index in [2.05, 4.69) is 10.3 Å². The first kappa shape index (κ1) is 14.4. The largest absolute Gasteiger partial charge is 0.494 e. The highest BCUT2D eigenvalue weighted by molar-refractivity contribution is 7.14. The lowest BCUT2D eigenvalue weighted by Gasteiger charge is -2.05. The second-order valence-corrected chi connectivity index (χ2v) is 4.92. The number of benzene rings is 1. The van der Waals surface area contributed by atoms with Gasteiger partial charge in [0.15, 0.2) is 16.7 Å². The van der Waals surface area contributed by atoms with E-state index < -0.39 is 17.8 Å². The number of aliphatic hydroxyl groups is 1. The Bertz CT molecular complexity index is 628. The van der Waals surface area contributed by atoms with E-state index in [9.17, 15) is 14.3 Å². The van der Waals surface area contributed by atoms with Crippen LogP contribution in [0, 0.1) is 5.82 Å². The van der Waals surface area contributed by atoms with Crippen LogP contribution in [0.4, 0.5) is 9.52 Å². The number of halogens is 1. The lowest BCUT2D eigenvalue weighted by atomic mass is 10.2. The summed E-state index contributed by atoms with van der Waals surface area (Å²) in [6.07, 6.45) is -0.699. The van der Waals surface area contributed by atoms with Gasteiger partial charge < -0.3 is 9.84 Å². The normalized spacial score (nSPS) is 12.0. The van der Waals surface area contributed by atoms with E-state index in [1.165, 1.54) is 30.6 Å². The molecule has 0 radical (unpaired) electrons. The number of aromatic nitrogens is 1. The highest BCUT2D eigenvalue weighted by Crippen LogP contribution is 2.22. The summed E-state index contributed by atoms with van der Waals surface area (Å²) < 4.78 is 18.3. The zero-order valence-electron chi connectivity index (χ0n) is 10.9. The summed E-state index contributed by atoms with van der Waals surface area (Å²) in [4.78, 5) is 16.0. The van der Waals surface area contributed by atoms with E-state index in [0.717, 1.165) is 6.07 Å². The summed E-state index contributed by atoms with van der Waals surface area (Å²) in [5.41, 5.74) is 0.642. The number of hydrogen-bond acceptors (Lipinski definition) is 5. The van der Waals surface area contributed by atoms with Gasteiger partial charge in [0.05, 0.1) is 18.9 Å². The summed E-state index contributed by atoms with van der Waals surface area (Å²) in [6.45, 7) is 1.58. The molecule has 2 aromatic rings. The van der Waals surface area contributed by atoms with Crippen LogP contribution in [0.3, 0.4) is 0 Å². The van der Waals surface area contributed by atoms with Crippen molar-refractivity contribution < 1.29 is 19.0 Å². The van der Waals surface area contributed by atoms with Crippen LogP contribution in [0.2, 0.25) is 0 Å². The number of amides is 1. The van der Waals surface area contributed by atoms with Crippen molar-refractivity contribution in [3.05, 3.63) is 40.7 Å². The maximum atomic E-state index is 13.5. The number of anilines is 1. The van der Waals surface area contributed by atoms with Crippen LogP contribution < -0.4 is 10.1 Å². The van der Waals surface area contributed by atoms with Crippen molar-refractivity contribution in [1.82, 2.24) is 4.98 Å². The van der Waals surface area contributed by atoms with Crippen molar-refractivity contribution in [3.63, 3.8) is 0 Å². The van der Waals surface area contributed by atoms with Crippen LogP contribution in [0.25, 0.3) is 0 Å². The van der Waals surface area contributed by atoms with Crippen molar-refractivity contribution >= 4 is 22.4 Å². The van der Waals surface area contributed by atoms with Crippen molar-refractivity contribution in [2.24, 2.45) is 0 Å². The third kappa shape index (κ3) is 3.12. The third-order valence-corrected chi connectivity index (χ3v) is 3.36. The highest BCUT2D eigenvalue weighted by Gasteiger charge is 2.13. The van der Waals surface area contributed by atoms with E-state index in [-0.39, 0.29) is 11.3 Å². The molecule has 0 saturated heterocycles. The van der Waals surface area contributed by atoms with E-state index in [4.69, 9.17) is 4.74 Å². The van der Waals surface area contributed by atoms with Gasteiger partial charge in [-0.25, -0.2) is 9.37 Å². The Labute approximate surface area is 119 Å². The molecule has 0 saturated carbocycles. The molecule has 1 aromatic heterocycles. The van der Waals surface area contributed by atoms with E-state index >= 15 is 0 Å². The molecule has 1 unspecified atom stereocenters. The number of nitrogens with zero attached hydrogens (tertiary/aromatic N) is 1. The molecule has 0 aliphatic heterocycles. The standard InChI is InChI=1S/C13H13FN2O3S/c1-7(17)10-6-20-13(15-10)16-12(18)8-3-4-11(19-2)9(14)5-8/h3-7,17H,1-2H3,(H,15,16,18). The fourth-order valence-electron chi connectivity index (χ4n) is 1.51. The van der Waals surface area contributed by atoms with Gasteiger partial charge in [-0.15, -0.1) is 11.3 Å². The molecule has 7 heteroatoms. The molecule has 0 bridgehead atoms. The smallest absolute Gasteiger partial charge is 0.257 e. The summed E-state index contributed by atoms with van der Waals surface area (Å²) in [5.74, 6) is -1.01. The summed E-state index contributed by atoms with van der Waals surface area (Å²) in [6, 6.07) is 3.94. The van der Waals surface area contributed by atoms with Gasteiger partial charge in [-0.3, -0.25) is 10.1 Å². The van der Waals surface area contributed by atoms with Crippen molar-refractivity contribution in [3.8, 4) is 5.75 Å². The molecule has 20 heavy (non-hydrogen) atoms. The summed E-state index contributed by atoms with van der Waals surface area (Å²) >= 11 is 1.19. The SMILES string of the molecule is COc1ccc(C(=O)Nc2nc(C(C)O)cs2)cc1F. The average Bonchev–Trinajstić information content (AvgIpc) is 2.87. The van der Waals surface area contributed by atoms with E-state index in [0.29, 0.717) is 10.8 Å². The number of rotatable bonds is 4. The lowest BCUT2D eigenvalue weighted by molar-refractivity contribution is 0.102. The van der Waals surface area contributed by atoms with Gasteiger partial charge in [0.1, 0.15) is 0 Å². The zero-order valence-corrected chi connectivity index (χ0v) is 11.7. The number of methoxy groups -OCH3 is 1. The molecule has 5 nitrogen and oxygen atoms in total. The lowest BCUT2D eigenvalue weighted by Crippen LogP contribution is -2.12. The number of carbonyl (C=O) groups is 1. The van der Waals surface area contributed by atoms with Gasteiger partial charge in [-0.2, -0.15) is 0 Å². The summed E-state index contributed by atoms with van der Waals surface area (Å²) in [5, 5.41) is 13.9. The Balaban J connectivity index is 2.13. The molecular formula is C13H13FN2O3S. The molecule has 0 aliphatic carbocycles. The van der Waals surface area contributed by atoms with Crippen molar-refractivity contribution in [2.45, 2.75) is 13.0 Å². The van der Waals surface area contributed by atoms with Crippen LogP contribution in [0.1, 0.15) is 29.1 Å². The molecule has 0 fully saturated rings. The van der Waals surface area contributed by atoms with Crippen LogP contribution in [0.15, 0.2) is 23.6 Å². The number of aliphatic hydroxyl groups excluding tert-OH is 1. The molecule has 1 amide bonds. The van der Waals surface area contributed by atoms with Gasteiger partial charge in [0, 0.05) is 10.9 Å². The molecular weight excluding hydrogens is 283 g/mol. The van der Waals surface area contributed by atoms with Gasteiger partial charge in [-0.05, 0) is 25.1 Å². The Kier molecular flexibility index (Phi) is 4.31. The highest BCUT2D eigenvalue weighted by atomic mass is 32.1. The number of hydrogen-bond donors (Lipinski definition) is 2. The maximum Gasteiger partial charge on any atom is 0.257 e. The first-order valence-corrected chi connectivity index (χ1v) is 6.67. The maximum absolute atomic E-state index is 13.5. The molecule has 2 N–H and O–H groups in total. The predicted molar refractivity (Wildman–Crippen MR) is 73.7 cm³/mol. The van der Waals surface area contributed by atoms with Gasteiger partial charge in [0.2, 0.25) is 0 Å². The number of ether oxygens (including phenoxy) is 1. The molecule has 1 heterocycles. The second-order valence-electron chi connectivity index (χ2n) is 4.06. The molecule has 0 aliphatic rings. The van der Waals surface area contributed by atoms with Crippen molar-refractivity contribution in [2.75, 3.05) is 12.4 Å². The summed E-state index contributed by atoms with van der Waals surface area (Å²) in [7, 11) is 1.35. The first-order chi connectivity index (χ1) is 9.51. The van der Waals surface area contributed by atoms with E-state index in [1.54, 1.807) is 12.3 Å². The molecule has 2 rings (SSSR count). The zero-order chi connectivity index (χ0) is 14.7. The van der Waals surface area contributed by atoms with Crippen LogP contribution in [-0.2, 0) is 0 Å². The Morgan fingerprint density at radius 2 is 2.30 bits per heavy atom. The van der Waals surface area contributed by atoms with Crippen LogP contribution >= 0.6 is 11.3 Å². The fraction of sp³-hybridized carbons (Fsp3) is 0.231. The Morgan fingerprint density at radius 3 is 2.85 bits per heavy atom. The average molecular weight is 296 g/mol. The fourth-order valence-corrected chi connectivity index (χ4v) is 2.30. The van der Waals surface area contributed by atoms with Crippen LogP contribution in [-0.4, -0.2) is 23.1 Å². The Morgan fingerprint density at radius 1 is 1.55 bits per heavy atom. The monoisotopic (exact) mass is 296 g/mol. The minimum Gasteiger partial charge on any atom is -0.494 e. The van der Waals surface area contributed by atoms with Crippen LogP contribution in [0.5, 0.6) is 5.75 Å². The number of thiazole rings is 1. The van der Waals surface area contributed by atoms with Gasteiger partial charge >= 0.3 is 0 Å². The Hall–Kier alpha value is -1.99. The molecule has 1 atom stereocenters. The van der Waals surface area contributed by atoms with Gasteiger partial charge in [-0.1, -0.05) is 0 Å². The van der Waals surface area contributed by atoms with Crippen molar-refractivity contribution in [1.29, 1.82) is 0 Å². The first-order valence-electron chi connectivity index (χ1n) is 5.79. The topological polar surface area (TPSA) is 71.5 Å². The van der Waals surface area contributed by atoms with Gasteiger partial charge in [0.25, 0.3) is 5.91 Å². The van der Waals surface area contributed by atoms with E-state index in [1.807, 2.05) is 0 Å². The molecule has 0 spiro atoms. The number of carbonyl (C=O) groups excluding carboxylic acids is 1. The minimum absolute atomic E-state index is 0.0761. The molecule has 106 valence electrons. The third-order valence-electron chi connectivity index (χ3n) is 2.58. The second kappa shape index (κ2) is 5.98. The quantitative estimate of drug-likeness (QED) is 0.909. The minimum atomic E-state index is -0.699. The molecule has 1 aromatic carbocycles. The predicted octanol–water partition coefficient (Wildman–Crippen LogP) is 2.60. The number of nitrogens with one attached hydrogen (secondary N) is 1.